The molecule has 1 atom stereocenters. The summed E-state index contributed by atoms with van der Waals surface area (Å²) in [6.45, 7) is 5.63. The average Bonchev–Trinajstić information content (AvgIpc) is 2.95. The van der Waals surface area contributed by atoms with Crippen LogP contribution in [-0.2, 0) is 0 Å². The molecule has 3 heterocycles. The van der Waals surface area contributed by atoms with Crippen LogP contribution in [-0.4, -0.2) is 32.1 Å². The highest BCUT2D eigenvalue weighted by Crippen LogP contribution is 2.32. The summed E-state index contributed by atoms with van der Waals surface area (Å²) in [6, 6.07) is 6.90. The van der Waals surface area contributed by atoms with Crippen LogP contribution in [0.1, 0.15) is 38.6 Å². The van der Waals surface area contributed by atoms with Crippen LogP contribution >= 0.6 is 15.9 Å². The van der Waals surface area contributed by atoms with Crippen LogP contribution in [0.2, 0.25) is 0 Å². The molecule has 2 aromatic rings. The van der Waals surface area contributed by atoms with E-state index in [4.69, 9.17) is 0 Å². The lowest BCUT2D eigenvalue weighted by Gasteiger charge is -2.25. The smallest absolute Gasteiger partial charge is 0.168 e. The van der Waals surface area contributed by atoms with E-state index in [1.165, 1.54) is 6.42 Å². The summed E-state index contributed by atoms with van der Waals surface area (Å²) in [7, 11) is 0. The highest BCUT2D eigenvalue weighted by atomic mass is 79.9. The quantitative estimate of drug-likeness (QED) is 0.800. The predicted octanol–water partition coefficient (Wildman–Crippen LogP) is 3.04. The highest BCUT2D eigenvalue weighted by Gasteiger charge is 2.30. The van der Waals surface area contributed by atoms with Gasteiger partial charge < -0.3 is 0 Å². The molecule has 0 bridgehead atoms. The van der Waals surface area contributed by atoms with E-state index in [1.54, 1.807) is 0 Å². The van der Waals surface area contributed by atoms with Crippen molar-refractivity contribution in [3.63, 3.8) is 0 Å². The standard InChI is InChI=1S/C13H17BrN4/c1-9(2)17-8-4-5-10(17)13-15-12-7-3-6-11(14)18(12)16-13/h3,6-7,9-10H,4-5,8H2,1-2H3. The fourth-order valence-corrected chi connectivity index (χ4v) is 3.13. The van der Waals surface area contributed by atoms with E-state index in [0.29, 0.717) is 12.1 Å². The third-order valence-electron chi connectivity index (χ3n) is 3.59. The topological polar surface area (TPSA) is 33.4 Å². The molecule has 2 aromatic heterocycles. The molecule has 3 rings (SSSR count). The zero-order valence-electron chi connectivity index (χ0n) is 10.7. The van der Waals surface area contributed by atoms with Crippen LogP contribution in [0.15, 0.2) is 22.8 Å². The SMILES string of the molecule is CC(C)N1CCCC1c1nc2cccc(Br)n2n1. The average molecular weight is 309 g/mol. The Labute approximate surface area is 115 Å². The minimum atomic E-state index is 0.372. The van der Waals surface area contributed by atoms with Crippen molar-refractivity contribution in [3.8, 4) is 0 Å². The molecule has 0 aromatic carbocycles. The minimum absolute atomic E-state index is 0.372. The summed E-state index contributed by atoms with van der Waals surface area (Å²) in [5.41, 5.74) is 0.912. The second-order valence-corrected chi connectivity index (χ2v) is 5.89. The third kappa shape index (κ3) is 1.95. The molecule has 0 aliphatic carbocycles. The van der Waals surface area contributed by atoms with Crippen LogP contribution in [0.25, 0.3) is 5.65 Å². The Balaban J connectivity index is 2.01. The first-order valence-electron chi connectivity index (χ1n) is 6.44. The van der Waals surface area contributed by atoms with Crippen molar-refractivity contribution >= 4 is 21.6 Å². The monoisotopic (exact) mass is 308 g/mol. The molecule has 0 spiro atoms. The lowest BCUT2D eigenvalue weighted by molar-refractivity contribution is 0.198. The normalized spacial score (nSPS) is 21.2. The fraction of sp³-hybridized carbons (Fsp3) is 0.538. The molecular formula is C13H17BrN4. The van der Waals surface area contributed by atoms with Crippen molar-refractivity contribution in [1.29, 1.82) is 0 Å². The van der Waals surface area contributed by atoms with Crippen molar-refractivity contribution in [2.24, 2.45) is 0 Å². The number of pyridine rings is 1. The van der Waals surface area contributed by atoms with E-state index in [0.717, 1.165) is 29.0 Å². The molecule has 0 N–H and O–H groups in total. The number of halogens is 1. The minimum Gasteiger partial charge on any atom is -0.291 e. The third-order valence-corrected chi connectivity index (χ3v) is 4.19. The Bertz CT molecular complexity index is 563. The predicted molar refractivity (Wildman–Crippen MR) is 74.5 cm³/mol. The Kier molecular flexibility index (Phi) is 3.11. The first kappa shape index (κ1) is 12.1. The fourth-order valence-electron chi connectivity index (χ4n) is 2.72. The molecule has 1 unspecified atom stereocenters. The Hall–Kier alpha value is -0.940. The van der Waals surface area contributed by atoms with E-state index >= 15 is 0 Å². The van der Waals surface area contributed by atoms with Gasteiger partial charge in [-0.25, -0.2) is 9.50 Å². The molecule has 96 valence electrons. The molecule has 5 heteroatoms. The molecule has 0 radical (unpaired) electrons. The summed E-state index contributed by atoms with van der Waals surface area (Å²) in [5.74, 6) is 0.952. The molecule has 4 nitrogen and oxygen atoms in total. The lowest BCUT2D eigenvalue weighted by atomic mass is 10.2. The van der Waals surface area contributed by atoms with Gasteiger partial charge in [-0.3, -0.25) is 4.90 Å². The Morgan fingerprint density at radius 3 is 2.94 bits per heavy atom. The number of fused-ring (bicyclic) bond motifs is 1. The van der Waals surface area contributed by atoms with E-state index in [-0.39, 0.29) is 0 Å². The highest BCUT2D eigenvalue weighted by molar-refractivity contribution is 9.10. The van der Waals surface area contributed by atoms with Crippen LogP contribution in [0.4, 0.5) is 0 Å². The summed E-state index contributed by atoms with van der Waals surface area (Å²) < 4.78 is 2.82. The number of likely N-dealkylation sites (tertiary alicyclic amines) is 1. The van der Waals surface area contributed by atoms with Crippen molar-refractivity contribution in [3.05, 3.63) is 28.6 Å². The second kappa shape index (κ2) is 4.63. The molecule has 0 amide bonds. The summed E-state index contributed by atoms with van der Waals surface area (Å²) >= 11 is 3.51. The van der Waals surface area contributed by atoms with Gasteiger partial charge in [-0.1, -0.05) is 6.07 Å². The van der Waals surface area contributed by atoms with Gasteiger partial charge >= 0.3 is 0 Å². The van der Waals surface area contributed by atoms with Gasteiger partial charge in [-0.05, 0) is 61.3 Å². The first-order chi connectivity index (χ1) is 8.66. The van der Waals surface area contributed by atoms with E-state index in [9.17, 15) is 0 Å². The summed E-state index contributed by atoms with van der Waals surface area (Å²) in [5, 5.41) is 4.64. The number of nitrogens with zero attached hydrogens (tertiary/aromatic N) is 4. The lowest BCUT2D eigenvalue weighted by Crippen LogP contribution is -2.30. The van der Waals surface area contributed by atoms with Gasteiger partial charge in [0.1, 0.15) is 4.60 Å². The van der Waals surface area contributed by atoms with Crippen molar-refractivity contribution in [2.75, 3.05) is 6.54 Å². The van der Waals surface area contributed by atoms with Gasteiger partial charge in [0.25, 0.3) is 0 Å². The van der Waals surface area contributed by atoms with Crippen molar-refractivity contribution in [2.45, 2.75) is 38.8 Å². The van der Waals surface area contributed by atoms with Gasteiger partial charge in [-0.2, -0.15) is 0 Å². The van der Waals surface area contributed by atoms with E-state index in [1.807, 2.05) is 22.7 Å². The van der Waals surface area contributed by atoms with Gasteiger partial charge in [0, 0.05) is 6.04 Å². The molecule has 1 aliphatic heterocycles. The first-order valence-corrected chi connectivity index (χ1v) is 7.23. The summed E-state index contributed by atoms with van der Waals surface area (Å²) in [6.07, 6.45) is 2.40. The maximum absolute atomic E-state index is 4.67. The molecule has 18 heavy (non-hydrogen) atoms. The Morgan fingerprint density at radius 2 is 2.22 bits per heavy atom. The van der Waals surface area contributed by atoms with E-state index in [2.05, 4.69) is 44.8 Å². The summed E-state index contributed by atoms with van der Waals surface area (Å²) in [4.78, 5) is 7.16. The van der Waals surface area contributed by atoms with Gasteiger partial charge in [-0.15, -0.1) is 5.10 Å². The number of hydrogen-bond donors (Lipinski definition) is 0. The maximum atomic E-state index is 4.67. The molecule has 0 saturated carbocycles. The van der Waals surface area contributed by atoms with Crippen molar-refractivity contribution in [1.82, 2.24) is 19.5 Å². The largest absolute Gasteiger partial charge is 0.291 e. The van der Waals surface area contributed by atoms with Crippen LogP contribution in [0, 0.1) is 0 Å². The zero-order valence-corrected chi connectivity index (χ0v) is 12.3. The maximum Gasteiger partial charge on any atom is 0.168 e. The molecule has 1 aliphatic rings. The van der Waals surface area contributed by atoms with Gasteiger partial charge in [0.05, 0.1) is 6.04 Å². The van der Waals surface area contributed by atoms with Crippen LogP contribution in [0.5, 0.6) is 0 Å². The Morgan fingerprint density at radius 1 is 1.39 bits per heavy atom. The molecule has 1 saturated heterocycles. The molecular weight excluding hydrogens is 292 g/mol. The second-order valence-electron chi connectivity index (χ2n) is 5.08. The number of rotatable bonds is 2. The zero-order chi connectivity index (χ0) is 12.7. The van der Waals surface area contributed by atoms with Crippen molar-refractivity contribution < 1.29 is 0 Å². The van der Waals surface area contributed by atoms with Gasteiger partial charge in [0.15, 0.2) is 11.5 Å². The molecule has 1 fully saturated rings. The number of hydrogen-bond acceptors (Lipinski definition) is 3. The van der Waals surface area contributed by atoms with E-state index < -0.39 is 0 Å². The van der Waals surface area contributed by atoms with Gasteiger partial charge in [0.2, 0.25) is 0 Å². The van der Waals surface area contributed by atoms with Crippen LogP contribution < -0.4 is 0 Å². The number of aromatic nitrogens is 3. The van der Waals surface area contributed by atoms with Crippen LogP contribution in [0.3, 0.4) is 0 Å².